The molecule has 2 unspecified atom stereocenters. The van der Waals surface area contributed by atoms with Crippen LogP contribution in [0.15, 0.2) is 0 Å². The zero-order valence-corrected chi connectivity index (χ0v) is 10.8. The van der Waals surface area contributed by atoms with Gasteiger partial charge in [-0.2, -0.15) is 0 Å². The van der Waals surface area contributed by atoms with Gasteiger partial charge in [-0.25, -0.2) is 0 Å². The molecule has 3 rings (SSSR count). The molecule has 0 saturated heterocycles. The van der Waals surface area contributed by atoms with E-state index in [0.29, 0.717) is 0 Å². The molecular formula is C15H27N. The Hall–Kier alpha value is -0.0400. The van der Waals surface area contributed by atoms with E-state index in [0.717, 1.165) is 23.3 Å². The maximum absolute atomic E-state index is 3.95. The first-order valence-corrected chi connectivity index (χ1v) is 7.57. The molecule has 0 aromatic heterocycles. The van der Waals surface area contributed by atoms with Gasteiger partial charge in [0.15, 0.2) is 0 Å². The molecule has 1 heteroatoms. The average molecular weight is 221 g/mol. The van der Waals surface area contributed by atoms with E-state index in [-0.39, 0.29) is 0 Å². The van der Waals surface area contributed by atoms with Crippen molar-refractivity contribution in [3.8, 4) is 0 Å². The van der Waals surface area contributed by atoms with Crippen LogP contribution < -0.4 is 5.32 Å². The van der Waals surface area contributed by atoms with Gasteiger partial charge in [-0.15, -0.1) is 0 Å². The first kappa shape index (κ1) is 11.1. The maximum atomic E-state index is 3.95. The van der Waals surface area contributed by atoms with Crippen LogP contribution in [0.25, 0.3) is 0 Å². The van der Waals surface area contributed by atoms with E-state index in [1.807, 2.05) is 0 Å². The van der Waals surface area contributed by atoms with Gasteiger partial charge >= 0.3 is 0 Å². The van der Waals surface area contributed by atoms with Gasteiger partial charge in [-0.1, -0.05) is 26.2 Å². The van der Waals surface area contributed by atoms with E-state index in [4.69, 9.17) is 0 Å². The van der Waals surface area contributed by atoms with Crippen LogP contribution in [-0.2, 0) is 0 Å². The summed E-state index contributed by atoms with van der Waals surface area (Å²) in [6, 6.07) is 0.862. The smallest absolute Gasteiger partial charge is 0.00954 e. The van der Waals surface area contributed by atoms with Crippen LogP contribution in [0.4, 0.5) is 0 Å². The molecule has 0 spiro atoms. The van der Waals surface area contributed by atoms with Crippen molar-refractivity contribution < 1.29 is 0 Å². The van der Waals surface area contributed by atoms with E-state index in [1.165, 1.54) is 64.3 Å². The van der Waals surface area contributed by atoms with Crippen LogP contribution in [0.2, 0.25) is 0 Å². The Morgan fingerprint density at radius 2 is 1.88 bits per heavy atom. The second kappa shape index (κ2) is 4.33. The van der Waals surface area contributed by atoms with Gasteiger partial charge in [0.2, 0.25) is 0 Å². The number of hydrogen-bond donors (Lipinski definition) is 1. The van der Waals surface area contributed by atoms with E-state index in [1.54, 1.807) is 0 Å². The van der Waals surface area contributed by atoms with Crippen molar-refractivity contribution in [2.75, 3.05) is 6.54 Å². The second-order valence-corrected chi connectivity index (χ2v) is 6.58. The quantitative estimate of drug-likeness (QED) is 0.746. The zero-order chi connectivity index (χ0) is 11.0. The van der Waals surface area contributed by atoms with Crippen molar-refractivity contribution in [3.05, 3.63) is 0 Å². The molecule has 3 aliphatic rings. The molecule has 0 bridgehead atoms. The summed E-state index contributed by atoms with van der Waals surface area (Å²) in [6.07, 6.45) is 13.4. The molecule has 2 atom stereocenters. The van der Waals surface area contributed by atoms with Crippen molar-refractivity contribution in [1.29, 1.82) is 0 Å². The molecule has 0 aromatic rings. The van der Waals surface area contributed by atoms with Gasteiger partial charge in [0.25, 0.3) is 0 Å². The van der Waals surface area contributed by atoms with Crippen LogP contribution >= 0.6 is 0 Å². The molecule has 0 aromatic carbocycles. The zero-order valence-electron chi connectivity index (χ0n) is 10.8. The Labute approximate surface area is 100 Å². The summed E-state index contributed by atoms with van der Waals surface area (Å²) in [5.74, 6) is 2.09. The summed E-state index contributed by atoms with van der Waals surface area (Å²) in [4.78, 5) is 0. The van der Waals surface area contributed by atoms with Crippen molar-refractivity contribution in [2.24, 2.45) is 17.3 Å². The predicted molar refractivity (Wildman–Crippen MR) is 68.4 cm³/mol. The van der Waals surface area contributed by atoms with Gasteiger partial charge in [0, 0.05) is 12.6 Å². The maximum Gasteiger partial charge on any atom is 0.00954 e. The van der Waals surface area contributed by atoms with Gasteiger partial charge in [0.05, 0.1) is 0 Å². The highest BCUT2D eigenvalue weighted by molar-refractivity contribution is 5.01. The Kier molecular flexibility index (Phi) is 2.99. The minimum absolute atomic E-state index is 0.765. The van der Waals surface area contributed by atoms with Crippen LogP contribution in [-0.4, -0.2) is 12.6 Å². The van der Waals surface area contributed by atoms with Gasteiger partial charge in [-0.3, -0.25) is 0 Å². The third-order valence-corrected chi connectivity index (χ3v) is 5.69. The van der Waals surface area contributed by atoms with Crippen molar-refractivity contribution in [1.82, 2.24) is 5.32 Å². The first-order chi connectivity index (χ1) is 7.84. The minimum Gasteiger partial charge on any atom is -0.313 e. The second-order valence-electron chi connectivity index (χ2n) is 6.58. The van der Waals surface area contributed by atoms with E-state index < -0.39 is 0 Å². The average Bonchev–Trinajstić information content (AvgIpc) is 2.96. The van der Waals surface area contributed by atoms with Crippen LogP contribution in [0, 0.1) is 17.3 Å². The number of nitrogens with one attached hydrogen (secondary N) is 1. The lowest BCUT2D eigenvalue weighted by atomic mass is 9.65. The van der Waals surface area contributed by atoms with Gasteiger partial charge in [-0.05, 0) is 55.8 Å². The van der Waals surface area contributed by atoms with Crippen LogP contribution in [0.1, 0.15) is 64.7 Å². The standard InChI is InChI=1S/C15H27N/c1-2-12-5-3-6-14(12)16-11-15(9-4-10-15)13-7-8-13/h12-14,16H,2-11H2,1H3. The van der Waals surface area contributed by atoms with E-state index >= 15 is 0 Å². The lowest BCUT2D eigenvalue weighted by Gasteiger charge is -2.44. The number of rotatable bonds is 5. The lowest BCUT2D eigenvalue weighted by molar-refractivity contribution is 0.0918. The van der Waals surface area contributed by atoms with Gasteiger partial charge in [0.1, 0.15) is 0 Å². The summed E-state index contributed by atoms with van der Waals surface area (Å²) >= 11 is 0. The third kappa shape index (κ3) is 1.92. The summed E-state index contributed by atoms with van der Waals surface area (Å²) in [7, 11) is 0. The van der Waals surface area contributed by atoms with E-state index in [2.05, 4.69) is 12.2 Å². The Balaban J connectivity index is 1.51. The molecular weight excluding hydrogens is 194 g/mol. The summed E-state index contributed by atoms with van der Waals surface area (Å²) < 4.78 is 0. The molecule has 3 fully saturated rings. The van der Waals surface area contributed by atoms with Crippen LogP contribution in [0.3, 0.4) is 0 Å². The Bertz CT molecular complexity index is 240. The van der Waals surface area contributed by atoms with Crippen molar-refractivity contribution in [2.45, 2.75) is 70.8 Å². The highest BCUT2D eigenvalue weighted by atomic mass is 14.9. The van der Waals surface area contributed by atoms with E-state index in [9.17, 15) is 0 Å². The van der Waals surface area contributed by atoms with Crippen LogP contribution in [0.5, 0.6) is 0 Å². The summed E-state index contributed by atoms with van der Waals surface area (Å²) in [6.45, 7) is 3.71. The Morgan fingerprint density at radius 1 is 1.06 bits per heavy atom. The molecule has 92 valence electrons. The molecule has 1 N–H and O–H groups in total. The first-order valence-electron chi connectivity index (χ1n) is 7.57. The highest BCUT2D eigenvalue weighted by Gasteiger charge is 2.48. The molecule has 0 aliphatic heterocycles. The third-order valence-electron chi connectivity index (χ3n) is 5.69. The fraction of sp³-hybridized carbons (Fsp3) is 1.00. The molecule has 0 amide bonds. The number of hydrogen-bond acceptors (Lipinski definition) is 1. The minimum atomic E-state index is 0.765. The fourth-order valence-corrected chi connectivity index (χ4v) is 4.18. The van der Waals surface area contributed by atoms with Gasteiger partial charge < -0.3 is 5.32 Å². The normalized spacial score (nSPS) is 37.3. The molecule has 0 radical (unpaired) electrons. The molecule has 1 nitrogen and oxygen atoms in total. The Morgan fingerprint density at radius 3 is 2.44 bits per heavy atom. The summed E-state index contributed by atoms with van der Waals surface area (Å²) in [5, 5.41) is 3.95. The highest BCUT2D eigenvalue weighted by Crippen LogP contribution is 2.56. The monoisotopic (exact) mass is 221 g/mol. The fourth-order valence-electron chi connectivity index (χ4n) is 4.18. The largest absolute Gasteiger partial charge is 0.313 e. The molecule has 3 saturated carbocycles. The summed E-state index contributed by atoms with van der Waals surface area (Å²) in [5.41, 5.74) is 0.765. The lowest BCUT2D eigenvalue weighted by Crippen LogP contribution is -2.46. The molecule has 3 aliphatic carbocycles. The van der Waals surface area contributed by atoms with Crippen molar-refractivity contribution in [3.63, 3.8) is 0 Å². The molecule has 16 heavy (non-hydrogen) atoms. The predicted octanol–water partition coefficient (Wildman–Crippen LogP) is 3.74. The molecule has 0 heterocycles. The topological polar surface area (TPSA) is 12.0 Å². The SMILES string of the molecule is CCC1CCCC1NCC1(C2CC2)CCC1. The van der Waals surface area contributed by atoms with Crippen molar-refractivity contribution >= 4 is 0 Å².